The summed E-state index contributed by atoms with van der Waals surface area (Å²) in [5.41, 5.74) is 16.6. The number of nitrogen functional groups attached to an aromatic ring is 1. The Balaban J connectivity index is 1.62. The summed E-state index contributed by atoms with van der Waals surface area (Å²) in [4.78, 5) is 28.2. The van der Waals surface area contributed by atoms with Crippen molar-refractivity contribution in [3.05, 3.63) is 95.8 Å². The van der Waals surface area contributed by atoms with Gasteiger partial charge >= 0.3 is 6.03 Å². The third-order valence-electron chi connectivity index (χ3n) is 5.00. The second kappa shape index (κ2) is 9.42. The average molecular weight is 458 g/mol. The maximum atomic E-state index is 12.2. The number of anilines is 3. The molecule has 0 aliphatic heterocycles. The fraction of sp³-hybridized carbons (Fsp3) is 0. The largest absolute Gasteiger partial charge is 0.398 e. The van der Waals surface area contributed by atoms with E-state index in [0.717, 1.165) is 16.7 Å². The number of benzene rings is 3. The van der Waals surface area contributed by atoms with E-state index in [1.165, 1.54) is 0 Å². The predicted octanol–water partition coefficient (Wildman–Crippen LogP) is 5.39. The number of halogens is 1. The molecule has 164 valence electrons. The highest BCUT2D eigenvalue weighted by Gasteiger charge is 2.15. The van der Waals surface area contributed by atoms with E-state index in [0.29, 0.717) is 22.0 Å². The molecule has 7 nitrogen and oxygen atoms in total. The van der Waals surface area contributed by atoms with Crippen LogP contribution in [0.4, 0.5) is 21.9 Å². The lowest BCUT2D eigenvalue weighted by Gasteiger charge is -2.14. The van der Waals surface area contributed by atoms with Gasteiger partial charge in [-0.25, -0.2) is 4.79 Å². The monoisotopic (exact) mass is 457 g/mol. The van der Waals surface area contributed by atoms with Gasteiger partial charge in [0, 0.05) is 22.5 Å². The van der Waals surface area contributed by atoms with Crippen LogP contribution < -0.4 is 22.1 Å². The van der Waals surface area contributed by atoms with Crippen molar-refractivity contribution in [1.29, 1.82) is 0 Å². The molecule has 3 amide bonds. The molecule has 4 aromatic rings. The molecule has 0 bridgehead atoms. The lowest BCUT2D eigenvalue weighted by atomic mass is 9.93. The predicted molar refractivity (Wildman–Crippen MR) is 132 cm³/mol. The summed E-state index contributed by atoms with van der Waals surface area (Å²) in [5, 5.41) is 6.07. The molecular formula is C25H20ClN5O2. The van der Waals surface area contributed by atoms with Crippen LogP contribution in [0.1, 0.15) is 10.4 Å². The van der Waals surface area contributed by atoms with Crippen LogP contribution in [0.3, 0.4) is 0 Å². The van der Waals surface area contributed by atoms with Crippen LogP contribution in [0.2, 0.25) is 5.02 Å². The molecule has 0 radical (unpaired) electrons. The number of hydrogen-bond donors (Lipinski definition) is 4. The molecule has 4 rings (SSSR count). The standard InChI is InChI=1S/C25H20ClN5O2/c26-18-7-3-15(4-8-18)17-12-21(23(27)22(13-17)24(28)32)16-5-9-19(10-6-16)30-25(33)31-20-2-1-11-29-14-20/h1-14H,27H2,(H2,28,32)(H2,30,31,33). The number of rotatable bonds is 5. The first-order valence-corrected chi connectivity index (χ1v) is 10.4. The van der Waals surface area contributed by atoms with Crippen molar-refractivity contribution >= 4 is 40.6 Å². The van der Waals surface area contributed by atoms with Gasteiger partial charge in [-0.15, -0.1) is 0 Å². The molecule has 0 atom stereocenters. The summed E-state index contributed by atoms with van der Waals surface area (Å²) >= 11 is 6.00. The van der Waals surface area contributed by atoms with Crippen LogP contribution in [-0.4, -0.2) is 16.9 Å². The van der Waals surface area contributed by atoms with Crippen molar-refractivity contribution in [3.63, 3.8) is 0 Å². The number of aromatic nitrogens is 1. The molecule has 3 aromatic carbocycles. The summed E-state index contributed by atoms with van der Waals surface area (Å²) in [5.74, 6) is -0.616. The third-order valence-corrected chi connectivity index (χ3v) is 5.25. The molecule has 1 aromatic heterocycles. The fourth-order valence-electron chi connectivity index (χ4n) is 3.37. The Morgan fingerprint density at radius 3 is 2.12 bits per heavy atom. The molecule has 8 heteroatoms. The number of carbonyl (C=O) groups is 2. The number of urea groups is 1. The Morgan fingerprint density at radius 1 is 0.818 bits per heavy atom. The Kier molecular flexibility index (Phi) is 6.24. The van der Waals surface area contributed by atoms with Gasteiger partial charge in [0.25, 0.3) is 5.91 Å². The molecular weight excluding hydrogens is 438 g/mol. The van der Waals surface area contributed by atoms with Gasteiger partial charge in [0.2, 0.25) is 0 Å². The Morgan fingerprint density at radius 2 is 1.48 bits per heavy atom. The van der Waals surface area contributed by atoms with E-state index in [2.05, 4.69) is 15.6 Å². The molecule has 0 aliphatic rings. The fourth-order valence-corrected chi connectivity index (χ4v) is 3.49. The Labute approximate surface area is 195 Å². The van der Waals surface area contributed by atoms with E-state index in [9.17, 15) is 9.59 Å². The van der Waals surface area contributed by atoms with Crippen molar-refractivity contribution in [3.8, 4) is 22.3 Å². The smallest absolute Gasteiger partial charge is 0.323 e. The quantitative estimate of drug-likeness (QED) is 0.300. The highest BCUT2D eigenvalue weighted by atomic mass is 35.5. The summed E-state index contributed by atoms with van der Waals surface area (Å²) in [7, 11) is 0. The van der Waals surface area contributed by atoms with Crippen LogP contribution >= 0.6 is 11.6 Å². The molecule has 1 heterocycles. The van der Waals surface area contributed by atoms with Gasteiger partial charge in [-0.1, -0.05) is 35.9 Å². The van der Waals surface area contributed by atoms with Crippen molar-refractivity contribution < 1.29 is 9.59 Å². The molecule has 6 N–H and O–H groups in total. The van der Waals surface area contributed by atoms with E-state index >= 15 is 0 Å². The zero-order valence-corrected chi connectivity index (χ0v) is 18.1. The van der Waals surface area contributed by atoms with Crippen LogP contribution in [0.5, 0.6) is 0 Å². The number of carbonyl (C=O) groups excluding carboxylic acids is 2. The number of nitrogens with one attached hydrogen (secondary N) is 2. The number of amides is 3. The first-order valence-electron chi connectivity index (χ1n) is 9.98. The Hall–Kier alpha value is -4.36. The van der Waals surface area contributed by atoms with Gasteiger partial charge in [0.1, 0.15) is 0 Å². The maximum Gasteiger partial charge on any atom is 0.323 e. The molecule has 33 heavy (non-hydrogen) atoms. The van der Waals surface area contributed by atoms with E-state index < -0.39 is 11.9 Å². The topological polar surface area (TPSA) is 123 Å². The highest BCUT2D eigenvalue weighted by molar-refractivity contribution is 6.30. The van der Waals surface area contributed by atoms with Crippen LogP contribution in [0.25, 0.3) is 22.3 Å². The number of hydrogen-bond acceptors (Lipinski definition) is 4. The van der Waals surface area contributed by atoms with E-state index in [-0.39, 0.29) is 11.3 Å². The van der Waals surface area contributed by atoms with Gasteiger partial charge in [-0.2, -0.15) is 0 Å². The van der Waals surface area contributed by atoms with Crippen molar-refractivity contribution in [2.45, 2.75) is 0 Å². The highest BCUT2D eigenvalue weighted by Crippen LogP contribution is 2.35. The minimum Gasteiger partial charge on any atom is -0.398 e. The van der Waals surface area contributed by atoms with Gasteiger partial charge in [0.05, 0.1) is 23.1 Å². The van der Waals surface area contributed by atoms with E-state index in [1.54, 1.807) is 54.9 Å². The SMILES string of the molecule is NC(=O)c1cc(-c2ccc(Cl)cc2)cc(-c2ccc(NC(=O)Nc3cccnc3)cc2)c1N. The van der Waals surface area contributed by atoms with Crippen LogP contribution in [-0.2, 0) is 0 Å². The lowest BCUT2D eigenvalue weighted by Crippen LogP contribution is -2.19. The molecule has 0 saturated carbocycles. The zero-order chi connectivity index (χ0) is 23.4. The third kappa shape index (κ3) is 5.11. The lowest BCUT2D eigenvalue weighted by molar-refractivity contribution is 0.100. The average Bonchev–Trinajstić information content (AvgIpc) is 2.81. The second-order valence-corrected chi connectivity index (χ2v) is 7.69. The molecule has 0 unspecified atom stereocenters. The summed E-state index contributed by atoms with van der Waals surface area (Å²) in [6.07, 6.45) is 3.18. The summed E-state index contributed by atoms with van der Waals surface area (Å²) < 4.78 is 0. The van der Waals surface area contributed by atoms with Gasteiger partial charge in [0.15, 0.2) is 0 Å². The van der Waals surface area contributed by atoms with Crippen molar-refractivity contribution in [2.24, 2.45) is 5.73 Å². The first-order chi connectivity index (χ1) is 15.9. The molecule has 0 aliphatic carbocycles. The van der Waals surface area contributed by atoms with Crippen LogP contribution in [0.15, 0.2) is 85.2 Å². The maximum absolute atomic E-state index is 12.2. The van der Waals surface area contributed by atoms with Crippen LogP contribution in [0, 0.1) is 0 Å². The molecule has 0 saturated heterocycles. The molecule has 0 spiro atoms. The van der Waals surface area contributed by atoms with Crippen molar-refractivity contribution in [1.82, 2.24) is 4.98 Å². The first kappa shape index (κ1) is 21.9. The van der Waals surface area contributed by atoms with Gasteiger partial charge in [-0.05, 0) is 65.2 Å². The number of primary amides is 1. The van der Waals surface area contributed by atoms with E-state index in [1.807, 2.05) is 30.3 Å². The van der Waals surface area contributed by atoms with Crippen molar-refractivity contribution in [2.75, 3.05) is 16.4 Å². The minimum absolute atomic E-state index is 0.232. The normalized spacial score (nSPS) is 10.5. The van der Waals surface area contributed by atoms with E-state index in [4.69, 9.17) is 23.1 Å². The zero-order valence-electron chi connectivity index (χ0n) is 17.4. The second-order valence-electron chi connectivity index (χ2n) is 7.25. The van der Waals surface area contributed by atoms with Gasteiger partial charge in [-0.3, -0.25) is 9.78 Å². The number of nitrogens with two attached hydrogens (primary N) is 2. The number of nitrogens with zero attached hydrogens (tertiary/aromatic N) is 1. The Bertz CT molecular complexity index is 1310. The summed E-state index contributed by atoms with van der Waals surface area (Å²) in [6.45, 7) is 0. The number of pyridine rings is 1. The van der Waals surface area contributed by atoms with Gasteiger partial charge < -0.3 is 22.1 Å². The minimum atomic E-state index is -0.616. The molecule has 0 fully saturated rings. The summed E-state index contributed by atoms with van der Waals surface area (Å²) in [6, 6.07) is 21.0.